The average Bonchev–Trinajstić information content (AvgIpc) is 2.68. The third kappa shape index (κ3) is 3.36. The lowest BCUT2D eigenvalue weighted by atomic mass is 10.3. The van der Waals surface area contributed by atoms with Gasteiger partial charge in [0.25, 0.3) is 0 Å². The molecule has 0 saturated heterocycles. The number of aryl methyl sites for hydroxylation is 1. The van der Waals surface area contributed by atoms with Gasteiger partial charge in [-0.25, -0.2) is 0 Å². The third-order valence-corrected chi connectivity index (χ3v) is 3.10. The molecule has 0 amide bonds. The molecule has 0 bridgehead atoms. The summed E-state index contributed by atoms with van der Waals surface area (Å²) in [5, 5.41) is 7.54. The van der Waals surface area contributed by atoms with E-state index in [0.717, 1.165) is 28.0 Å². The van der Waals surface area contributed by atoms with Crippen LogP contribution in [0.1, 0.15) is 5.56 Å². The summed E-state index contributed by atoms with van der Waals surface area (Å²) in [6.07, 6.45) is 3.89. The Morgan fingerprint density at radius 3 is 2.94 bits per heavy atom. The molecule has 90 valence electrons. The first kappa shape index (κ1) is 12.2. The minimum absolute atomic E-state index is 0.786. The highest BCUT2D eigenvalue weighted by atomic mass is 127. The minimum Gasteiger partial charge on any atom is -0.397 e. The molecule has 0 aliphatic carbocycles. The topological polar surface area (TPSA) is 55.9 Å². The first-order valence-corrected chi connectivity index (χ1v) is 6.51. The Balaban J connectivity index is 1.90. The molecule has 2 aromatic rings. The highest BCUT2D eigenvalue weighted by molar-refractivity contribution is 14.1. The molecule has 1 heterocycles. The smallest absolute Gasteiger partial charge is 0.0582 e. The third-order valence-electron chi connectivity index (χ3n) is 2.43. The van der Waals surface area contributed by atoms with Gasteiger partial charge in [0.05, 0.1) is 24.1 Å². The van der Waals surface area contributed by atoms with Gasteiger partial charge in [-0.3, -0.25) is 4.68 Å². The highest BCUT2D eigenvalue weighted by Crippen LogP contribution is 2.20. The normalized spacial score (nSPS) is 10.5. The second-order valence-corrected chi connectivity index (χ2v) is 5.18. The fourth-order valence-corrected chi connectivity index (χ4v) is 2.10. The van der Waals surface area contributed by atoms with Crippen LogP contribution in [0.5, 0.6) is 0 Å². The van der Waals surface area contributed by atoms with Crippen LogP contribution in [0.2, 0.25) is 0 Å². The van der Waals surface area contributed by atoms with Crippen molar-refractivity contribution in [1.29, 1.82) is 0 Å². The predicted octanol–water partition coefficient (Wildman–Crippen LogP) is 2.49. The maximum absolute atomic E-state index is 5.92. The van der Waals surface area contributed by atoms with Crippen LogP contribution in [0.15, 0.2) is 30.6 Å². The molecule has 0 spiro atoms. The van der Waals surface area contributed by atoms with E-state index in [0.29, 0.717) is 0 Å². The Labute approximate surface area is 114 Å². The first-order chi connectivity index (χ1) is 8.15. The number of hydrogen-bond donors (Lipinski definition) is 2. The van der Waals surface area contributed by atoms with Crippen LogP contribution in [-0.4, -0.2) is 16.3 Å². The fraction of sp³-hybridized carbons (Fsp3) is 0.250. The lowest BCUT2D eigenvalue weighted by Gasteiger charge is -2.09. The van der Waals surface area contributed by atoms with Crippen molar-refractivity contribution in [2.75, 3.05) is 17.6 Å². The van der Waals surface area contributed by atoms with E-state index in [1.807, 2.05) is 42.2 Å². The van der Waals surface area contributed by atoms with Crippen molar-refractivity contribution < 1.29 is 0 Å². The SMILES string of the molecule is Cc1cnn(CCNc2ccc(I)cc2N)c1. The average molecular weight is 342 g/mol. The van der Waals surface area contributed by atoms with E-state index in [2.05, 4.69) is 33.0 Å². The monoisotopic (exact) mass is 342 g/mol. The number of nitrogens with one attached hydrogen (secondary N) is 1. The summed E-state index contributed by atoms with van der Waals surface area (Å²) < 4.78 is 3.07. The van der Waals surface area contributed by atoms with Crippen molar-refractivity contribution in [2.45, 2.75) is 13.5 Å². The summed E-state index contributed by atoms with van der Waals surface area (Å²) >= 11 is 2.25. The van der Waals surface area contributed by atoms with E-state index in [1.54, 1.807) is 0 Å². The van der Waals surface area contributed by atoms with E-state index in [-0.39, 0.29) is 0 Å². The van der Waals surface area contributed by atoms with Crippen LogP contribution in [-0.2, 0) is 6.54 Å². The van der Waals surface area contributed by atoms with Crippen LogP contribution in [0.4, 0.5) is 11.4 Å². The second kappa shape index (κ2) is 5.39. The van der Waals surface area contributed by atoms with E-state index in [1.165, 1.54) is 5.56 Å². The van der Waals surface area contributed by atoms with Gasteiger partial charge in [-0.15, -0.1) is 0 Å². The van der Waals surface area contributed by atoms with Crippen LogP contribution in [0.3, 0.4) is 0 Å². The van der Waals surface area contributed by atoms with Crippen LogP contribution in [0, 0.1) is 10.5 Å². The van der Waals surface area contributed by atoms with Crippen molar-refractivity contribution in [3.05, 3.63) is 39.7 Å². The van der Waals surface area contributed by atoms with Crippen LogP contribution >= 0.6 is 22.6 Å². The number of hydrogen-bond acceptors (Lipinski definition) is 3. The number of anilines is 2. The maximum Gasteiger partial charge on any atom is 0.0582 e. The Kier molecular flexibility index (Phi) is 3.88. The van der Waals surface area contributed by atoms with Crippen molar-refractivity contribution in [3.63, 3.8) is 0 Å². The number of aromatic nitrogens is 2. The van der Waals surface area contributed by atoms with Crippen molar-refractivity contribution >= 4 is 34.0 Å². The molecule has 17 heavy (non-hydrogen) atoms. The van der Waals surface area contributed by atoms with E-state index in [4.69, 9.17) is 5.73 Å². The maximum atomic E-state index is 5.92. The molecule has 0 fully saturated rings. The van der Waals surface area contributed by atoms with Gasteiger partial charge in [0, 0.05) is 16.3 Å². The molecular weight excluding hydrogens is 327 g/mol. The zero-order chi connectivity index (χ0) is 12.3. The molecule has 0 unspecified atom stereocenters. The molecule has 0 radical (unpaired) electrons. The fourth-order valence-electron chi connectivity index (χ4n) is 1.59. The second-order valence-electron chi connectivity index (χ2n) is 3.94. The summed E-state index contributed by atoms with van der Waals surface area (Å²) in [6.45, 7) is 3.68. The van der Waals surface area contributed by atoms with Gasteiger partial charge in [-0.1, -0.05) is 0 Å². The van der Waals surface area contributed by atoms with Gasteiger partial charge in [-0.05, 0) is 53.3 Å². The highest BCUT2D eigenvalue weighted by Gasteiger charge is 1.99. The Morgan fingerprint density at radius 1 is 1.47 bits per heavy atom. The van der Waals surface area contributed by atoms with E-state index < -0.39 is 0 Å². The van der Waals surface area contributed by atoms with Crippen LogP contribution in [0.25, 0.3) is 0 Å². The van der Waals surface area contributed by atoms with Gasteiger partial charge in [-0.2, -0.15) is 5.10 Å². The molecule has 1 aromatic carbocycles. The van der Waals surface area contributed by atoms with E-state index in [9.17, 15) is 0 Å². The molecular formula is C12H15IN4. The number of nitrogens with zero attached hydrogens (tertiary/aromatic N) is 2. The van der Waals surface area contributed by atoms with Crippen LogP contribution < -0.4 is 11.1 Å². The van der Waals surface area contributed by atoms with Gasteiger partial charge in [0.2, 0.25) is 0 Å². The number of nitrogens with two attached hydrogens (primary N) is 1. The summed E-state index contributed by atoms with van der Waals surface area (Å²) in [4.78, 5) is 0. The Hall–Kier alpha value is -1.24. The Bertz CT molecular complexity index is 507. The summed E-state index contributed by atoms with van der Waals surface area (Å²) in [6, 6.07) is 6.00. The molecule has 0 aliphatic heterocycles. The molecule has 0 saturated carbocycles. The molecule has 3 N–H and O–H groups in total. The largest absolute Gasteiger partial charge is 0.397 e. The van der Waals surface area contributed by atoms with Crippen molar-refractivity contribution in [3.8, 4) is 0 Å². The van der Waals surface area contributed by atoms with Gasteiger partial charge in [0.1, 0.15) is 0 Å². The lowest BCUT2D eigenvalue weighted by molar-refractivity contribution is 0.637. The lowest BCUT2D eigenvalue weighted by Crippen LogP contribution is -2.11. The molecule has 1 aromatic heterocycles. The number of nitrogen functional groups attached to an aromatic ring is 1. The van der Waals surface area contributed by atoms with Crippen molar-refractivity contribution in [1.82, 2.24) is 9.78 Å². The van der Waals surface area contributed by atoms with E-state index >= 15 is 0 Å². The predicted molar refractivity (Wildman–Crippen MR) is 79.0 cm³/mol. The minimum atomic E-state index is 0.786. The standard InChI is InChI=1S/C12H15IN4/c1-9-7-16-17(8-9)5-4-15-12-3-2-10(13)6-11(12)14/h2-3,6-8,15H,4-5,14H2,1H3. The molecule has 2 rings (SSSR count). The quantitative estimate of drug-likeness (QED) is 0.663. The number of halogens is 1. The summed E-state index contributed by atoms with van der Waals surface area (Å²) in [5.41, 5.74) is 8.86. The molecule has 0 aliphatic rings. The molecule has 0 atom stereocenters. The summed E-state index contributed by atoms with van der Waals surface area (Å²) in [5.74, 6) is 0. The van der Waals surface area contributed by atoms with Gasteiger partial charge < -0.3 is 11.1 Å². The first-order valence-electron chi connectivity index (χ1n) is 5.43. The zero-order valence-electron chi connectivity index (χ0n) is 9.65. The van der Waals surface area contributed by atoms with Gasteiger partial charge >= 0.3 is 0 Å². The van der Waals surface area contributed by atoms with Gasteiger partial charge in [0.15, 0.2) is 0 Å². The molecule has 4 nitrogen and oxygen atoms in total. The zero-order valence-corrected chi connectivity index (χ0v) is 11.8. The number of rotatable bonds is 4. The summed E-state index contributed by atoms with van der Waals surface area (Å²) in [7, 11) is 0. The Morgan fingerprint density at radius 2 is 2.29 bits per heavy atom. The van der Waals surface area contributed by atoms with Crippen molar-refractivity contribution in [2.24, 2.45) is 0 Å². The molecule has 5 heteroatoms. The number of benzene rings is 1.